The summed E-state index contributed by atoms with van der Waals surface area (Å²) >= 11 is 0. The zero-order valence-corrected chi connectivity index (χ0v) is 12.8. The molecule has 112 valence electrons. The van der Waals surface area contributed by atoms with E-state index >= 15 is 0 Å². The topological polar surface area (TPSA) is 59.0 Å². The van der Waals surface area contributed by atoms with E-state index in [1.165, 1.54) is 0 Å². The lowest BCUT2D eigenvalue weighted by Gasteiger charge is -2.12. The smallest absolute Gasteiger partial charge is 0.253 e. The monoisotopic (exact) mass is 286 g/mol. The zero-order valence-electron chi connectivity index (χ0n) is 12.8. The van der Waals surface area contributed by atoms with Crippen molar-refractivity contribution >= 4 is 11.6 Å². The van der Waals surface area contributed by atoms with Gasteiger partial charge in [0.2, 0.25) is 0 Å². The third-order valence-corrected chi connectivity index (χ3v) is 3.18. The summed E-state index contributed by atoms with van der Waals surface area (Å²) in [4.78, 5) is 12.3. The molecule has 0 aliphatic rings. The van der Waals surface area contributed by atoms with E-state index in [2.05, 4.69) is 15.7 Å². The van der Waals surface area contributed by atoms with Gasteiger partial charge in [-0.2, -0.15) is 5.10 Å². The molecule has 0 fully saturated rings. The van der Waals surface area contributed by atoms with E-state index in [4.69, 9.17) is 0 Å². The third kappa shape index (κ3) is 4.08. The van der Waals surface area contributed by atoms with Crippen molar-refractivity contribution in [2.75, 3.05) is 18.4 Å². The van der Waals surface area contributed by atoms with Gasteiger partial charge in [0.1, 0.15) is 0 Å². The van der Waals surface area contributed by atoms with Gasteiger partial charge in [0, 0.05) is 25.0 Å². The lowest BCUT2D eigenvalue weighted by Crippen LogP contribution is -2.28. The summed E-state index contributed by atoms with van der Waals surface area (Å²) in [5.41, 5.74) is 3.75. The Balaban J connectivity index is 1.97. The predicted molar refractivity (Wildman–Crippen MR) is 84.6 cm³/mol. The molecule has 0 radical (unpaired) electrons. The number of anilines is 1. The SMILES string of the molecule is CCNc1ccc(C)cc1C(=O)NCCn1cc(C)cn1. The highest BCUT2D eigenvalue weighted by molar-refractivity contribution is 5.99. The van der Waals surface area contributed by atoms with Crippen molar-refractivity contribution in [1.29, 1.82) is 0 Å². The minimum absolute atomic E-state index is 0.0569. The maximum absolute atomic E-state index is 12.3. The molecule has 0 unspecified atom stereocenters. The third-order valence-electron chi connectivity index (χ3n) is 3.18. The van der Waals surface area contributed by atoms with Gasteiger partial charge in [-0.25, -0.2) is 0 Å². The molecular weight excluding hydrogens is 264 g/mol. The Kier molecular flexibility index (Phi) is 4.98. The second-order valence-electron chi connectivity index (χ2n) is 5.12. The van der Waals surface area contributed by atoms with Crippen LogP contribution < -0.4 is 10.6 Å². The fraction of sp³-hybridized carbons (Fsp3) is 0.375. The van der Waals surface area contributed by atoms with Crippen molar-refractivity contribution in [2.24, 2.45) is 0 Å². The molecule has 0 aliphatic heterocycles. The molecule has 0 spiro atoms. The number of aromatic nitrogens is 2. The zero-order chi connectivity index (χ0) is 15.2. The number of nitrogens with zero attached hydrogens (tertiary/aromatic N) is 2. The molecule has 2 aromatic rings. The van der Waals surface area contributed by atoms with Crippen LogP contribution in [-0.2, 0) is 6.54 Å². The summed E-state index contributed by atoms with van der Waals surface area (Å²) < 4.78 is 1.83. The molecule has 0 bridgehead atoms. The average molecular weight is 286 g/mol. The van der Waals surface area contributed by atoms with Gasteiger partial charge in [-0.1, -0.05) is 11.6 Å². The number of hydrogen-bond acceptors (Lipinski definition) is 3. The van der Waals surface area contributed by atoms with Crippen molar-refractivity contribution in [3.8, 4) is 0 Å². The Hall–Kier alpha value is -2.30. The lowest BCUT2D eigenvalue weighted by atomic mass is 10.1. The summed E-state index contributed by atoms with van der Waals surface area (Å²) in [6.07, 6.45) is 3.77. The molecule has 1 amide bonds. The van der Waals surface area contributed by atoms with Crippen LogP contribution in [0, 0.1) is 13.8 Å². The molecule has 0 saturated carbocycles. The fourth-order valence-corrected chi connectivity index (χ4v) is 2.16. The van der Waals surface area contributed by atoms with E-state index in [1.807, 2.05) is 56.0 Å². The van der Waals surface area contributed by atoms with Crippen molar-refractivity contribution in [1.82, 2.24) is 15.1 Å². The van der Waals surface area contributed by atoms with Gasteiger partial charge in [0.05, 0.1) is 18.3 Å². The maximum atomic E-state index is 12.3. The quantitative estimate of drug-likeness (QED) is 0.857. The van der Waals surface area contributed by atoms with Crippen LogP contribution in [0.4, 0.5) is 5.69 Å². The average Bonchev–Trinajstić information content (AvgIpc) is 2.86. The first-order chi connectivity index (χ1) is 10.1. The summed E-state index contributed by atoms with van der Waals surface area (Å²) in [6, 6.07) is 5.86. The number of hydrogen-bond donors (Lipinski definition) is 2. The van der Waals surface area contributed by atoms with Crippen LogP contribution in [0.1, 0.15) is 28.4 Å². The summed E-state index contributed by atoms with van der Waals surface area (Å²) in [6.45, 7) is 8.01. The number of carbonyl (C=O) groups is 1. The molecule has 2 rings (SSSR count). The standard InChI is InChI=1S/C16H22N4O/c1-4-17-15-6-5-12(2)9-14(15)16(21)18-7-8-20-11-13(3)10-19-20/h5-6,9-11,17H,4,7-8H2,1-3H3,(H,18,21). The van der Waals surface area contributed by atoms with Crippen molar-refractivity contribution in [2.45, 2.75) is 27.3 Å². The first-order valence-corrected chi connectivity index (χ1v) is 7.22. The number of nitrogens with one attached hydrogen (secondary N) is 2. The Labute approximate surface area is 125 Å². The summed E-state index contributed by atoms with van der Waals surface area (Å²) in [5.74, 6) is -0.0569. The van der Waals surface area contributed by atoms with Crippen LogP contribution in [0.25, 0.3) is 0 Å². The largest absolute Gasteiger partial charge is 0.385 e. The lowest BCUT2D eigenvalue weighted by molar-refractivity contribution is 0.0952. The molecule has 0 atom stereocenters. The molecule has 1 aromatic heterocycles. The molecule has 21 heavy (non-hydrogen) atoms. The highest BCUT2D eigenvalue weighted by atomic mass is 16.1. The van der Waals surface area contributed by atoms with Crippen LogP contribution in [0.5, 0.6) is 0 Å². The van der Waals surface area contributed by atoms with E-state index in [1.54, 1.807) is 0 Å². The van der Waals surface area contributed by atoms with E-state index in [9.17, 15) is 4.79 Å². The van der Waals surface area contributed by atoms with Crippen molar-refractivity contribution in [3.63, 3.8) is 0 Å². The first-order valence-electron chi connectivity index (χ1n) is 7.22. The fourth-order valence-electron chi connectivity index (χ4n) is 2.16. The van der Waals surface area contributed by atoms with Crippen molar-refractivity contribution in [3.05, 3.63) is 47.3 Å². The van der Waals surface area contributed by atoms with Crippen LogP contribution in [0.15, 0.2) is 30.6 Å². The van der Waals surface area contributed by atoms with Crippen LogP contribution in [-0.4, -0.2) is 28.8 Å². The molecular formula is C16H22N4O. The minimum atomic E-state index is -0.0569. The second kappa shape index (κ2) is 6.92. The van der Waals surface area contributed by atoms with Crippen LogP contribution in [0.2, 0.25) is 0 Å². The second-order valence-corrected chi connectivity index (χ2v) is 5.12. The molecule has 1 aromatic carbocycles. The minimum Gasteiger partial charge on any atom is -0.385 e. The van der Waals surface area contributed by atoms with Gasteiger partial charge in [-0.3, -0.25) is 9.48 Å². The Morgan fingerprint density at radius 2 is 2.10 bits per heavy atom. The predicted octanol–water partition coefficient (Wildman–Crippen LogP) is 2.36. The van der Waals surface area contributed by atoms with Crippen LogP contribution >= 0.6 is 0 Å². The van der Waals surface area contributed by atoms with Gasteiger partial charge in [-0.05, 0) is 38.5 Å². The normalized spacial score (nSPS) is 10.4. The van der Waals surface area contributed by atoms with E-state index in [0.717, 1.165) is 23.4 Å². The van der Waals surface area contributed by atoms with Gasteiger partial charge in [0.25, 0.3) is 5.91 Å². The number of benzene rings is 1. The highest BCUT2D eigenvalue weighted by Gasteiger charge is 2.10. The molecule has 2 N–H and O–H groups in total. The number of carbonyl (C=O) groups excluding carboxylic acids is 1. The van der Waals surface area contributed by atoms with E-state index in [-0.39, 0.29) is 5.91 Å². The Morgan fingerprint density at radius 3 is 2.76 bits per heavy atom. The van der Waals surface area contributed by atoms with E-state index in [0.29, 0.717) is 18.7 Å². The summed E-state index contributed by atoms with van der Waals surface area (Å²) in [5, 5.41) is 10.4. The number of rotatable bonds is 6. The molecule has 0 aliphatic carbocycles. The first kappa shape index (κ1) is 15.1. The Bertz CT molecular complexity index is 618. The van der Waals surface area contributed by atoms with Crippen molar-refractivity contribution < 1.29 is 4.79 Å². The summed E-state index contributed by atoms with van der Waals surface area (Å²) in [7, 11) is 0. The number of amides is 1. The van der Waals surface area contributed by atoms with Gasteiger partial charge < -0.3 is 10.6 Å². The molecule has 5 heteroatoms. The molecule has 0 saturated heterocycles. The van der Waals surface area contributed by atoms with Gasteiger partial charge in [0.15, 0.2) is 0 Å². The molecule has 5 nitrogen and oxygen atoms in total. The highest BCUT2D eigenvalue weighted by Crippen LogP contribution is 2.17. The van der Waals surface area contributed by atoms with Gasteiger partial charge in [-0.15, -0.1) is 0 Å². The van der Waals surface area contributed by atoms with Crippen LogP contribution in [0.3, 0.4) is 0 Å². The van der Waals surface area contributed by atoms with Gasteiger partial charge >= 0.3 is 0 Å². The maximum Gasteiger partial charge on any atom is 0.253 e. The Morgan fingerprint density at radius 1 is 1.29 bits per heavy atom. The van der Waals surface area contributed by atoms with E-state index < -0.39 is 0 Å². The number of aryl methyl sites for hydroxylation is 2. The molecule has 1 heterocycles.